The van der Waals surface area contributed by atoms with Crippen molar-refractivity contribution in [3.05, 3.63) is 23.8 Å². The number of ether oxygens (including phenoxy) is 2. The zero-order valence-electron chi connectivity index (χ0n) is 13.7. The lowest BCUT2D eigenvalue weighted by Gasteiger charge is -2.26. The Hall–Kier alpha value is -2.06. The second-order valence-corrected chi connectivity index (χ2v) is 5.14. The quantitative estimate of drug-likeness (QED) is 0.798. The highest BCUT2D eigenvalue weighted by molar-refractivity contribution is 5.97. The molecule has 0 heterocycles. The van der Waals surface area contributed by atoms with E-state index >= 15 is 0 Å². The summed E-state index contributed by atoms with van der Waals surface area (Å²) in [5.74, 6) is 0.313. The number of carbonyl (C=O) groups is 1. The third kappa shape index (κ3) is 4.47. The summed E-state index contributed by atoms with van der Waals surface area (Å²) in [4.78, 5) is 12.4. The van der Waals surface area contributed by atoms with Crippen molar-refractivity contribution in [3.8, 4) is 11.8 Å². The molecule has 5 heteroatoms. The molecule has 0 aliphatic heterocycles. The zero-order chi connectivity index (χ0) is 16.6. The molecule has 5 nitrogen and oxygen atoms in total. The summed E-state index contributed by atoms with van der Waals surface area (Å²) in [6.07, 6.45) is 1.43. The molecule has 0 spiro atoms. The topological polar surface area (TPSA) is 71.3 Å². The highest BCUT2D eigenvalue weighted by Crippen LogP contribution is 2.24. The van der Waals surface area contributed by atoms with E-state index in [0.717, 1.165) is 6.42 Å². The maximum Gasteiger partial charge on any atom is 0.256 e. The predicted octanol–water partition coefficient (Wildman–Crippen LogP) is 3.49. The summed E-state index contributed by atoms with van der Waals surface area (Å²) in [6.45, 7) is 8.53. The van der Waals surface area contributed by atoms with Crippen LogP contribution in [-0.4, -0.2) is 24.7 Å². The molecule has 0 fully saturated rings. The van der Waals surface area contributed by atoms with Crippen LogP contribution in [0.4, 0.5) is 5.69 Å². The third-order valence-electron chi connectivity index (χ3n) is 3.44. The summed E-state index contributed by atoms with van der Waals surface area (Å²) in [5, 5.41) is 12.0. The first-order valence-electron chi connectivity index (χ1n) is 7.63. The number of hydrogen-bond acceptors (Lipinski definition) is 4. The molecule has 1 N–H and O–H groups in total. The van der Waals surface area contributed by atoms with Crippen LogP contribution in [0.1, 0.15) is 46.1 Å². The molecule has 120 valence electrons. The number of benzene rings is 1. The smallest absolute Gasteiger partial charge is 0.256 e. The number of nitrogens with one attached hydrogen (secondary N) is 1. The molecule has 0 bridgehead atoms. The summed E-state index contributed by atoms with van der Waals surface area (Å²) < 4.78 is 11.0. The molecular formula is C17H24N2O3. The SMILES string of the molecule is CCCOc1ccc(NC(=O)[C@](C)(CC)OCC)cc1C#N. The van der Waals surface area contributed by atoms with Crippen LogP contribution in [0.2, 0.25) is 0 Å². The molecule has 22 heavy (non-hydrogen) atoms. The van der Waals surface area contributed by atoms with Gasteiger partial charge in [-0.3, -0.25) is 4.79 Å². The lowest BCUT2D eigenvalue weighted by atomic mass is 10.0. The van der Waals surface area contributed by atoms with Crippen LogP contribution in [0, 0.1) is 11.3 Å². The molecular weight excluding hydrogens is 280 g/mol. The monoisotopic (exact) mass is 304 g/mol. The van der Waals surface area contributed by atoms with Crippen molar-refractivity contribution in [2.75, 3.05) is 18.5 Å². The summed E-state index contributed by atoms with van der Waals surface area (Å²) in [5.41, 5.74) is 0.0875. The molecule has 0 radical (unpaired) electrons. The van der Waals surface area contributed by atoms with E-state index in [1.54, 1.807) is 25.1 Å². The Kier molecular flexibility index (Phi) is 6.87. The first-order valence-corrected chi connectivity index (χ1v) is 7.63. The van der Waals surface area contributed by atoms with E-state index in [0.29, 0.717) is 36.6 Å². The molecule has 1 rings (SSSR count). The van der Waals surface area contributed by atoms with Crippen LogP contribution in [0.5, 0.6) is 5.75 Å². The average Bonchev–Trinajstić information content (AvgIpc) is 2.53. The van der Waals surface area contributed by atoms with Crippen molar-refractivity contribution in [1.82, 2.24) is 0 Å². The largest absolute Gasteiger partial charge is 0.492 e. The van der Waals surface area contributed by atoms with E-state index in [4.69, 9.17) is 9.47 Å². The number of nitriles is 1. The minimum Gasteiger partial charge on any atom is -0.492 e. The molecule has 1 aromatic carbocycles. The first kappa shape index (κ1) is 18.0. The van der Waals surface area contributed by atoms with Crippen molar-refractivity contribution in [2.45, 2.75) is 46.1 Å². The Morgan fingerprint density at radius 2 is 2.09 bits per heavy atom. The van der Waals surface area contributed by atoms with Gasteiger partial charge in [-0.15, -0.1) is 0 Å². The Morgan fingerprint density at radius 1 is 1.36 bits per heavy atom. The molecule has 1 amide bonds. The fraction of sp³-hybridized carbons (Fsp3) is 0.529. The maximum atomic E-state index is 12.4. The number of anilines is 1. The van der Waals surface area contributed by atoms with Gasteiger partial charge >= 0.3 is 0 Å². The van der Waals surface area contributed by atoms with Gasteiger partial charge in [-0.05, 0) is 44.9 Å². The molecule has 1 atom stereocenters. The number of nitrogens with zero attached hydrogens (tertiary/aromatic N) is 1. The lowest BCUT2D eigenvalue weighted by molar-refractivity contribution is -0.139. The predicted molar refractivity (Wildman–Crippen MR) is 85.9 cm³/mol. The van der Waals surface area contributed by atoms with Gasteiger partial charge in [0.25, 0.3) is 5.91 Å². The fourth-order valence-electron chi connectivity index (χ4n) is 1.94. The van der Waals surface area contributed by atoms with Crippen molar-refractivity contribution >= 4 is 11.6 Å². The van der Waals surface area contributed by atoms with Crippen LogP contribution in [-0.2, 0) is 9.53 Å². The van der Waals surface area contributed by atoms with Gasteiger partial charge in [-0.1, -0.05) is 13.8 Å². The van der Waals surface area contributed by atoms with Crippen molar-refractivity contribution in [2.24, 2.45) is 0 Å². The normalized spacial score (nSPS) is 13.0. The summed E-state index contributed by atoms with van der Waals surface area (Å²) in [7, 11) is 0. The third-order valence-corrected chi connectivity index (χ3v) is 3.44. The van der Waals surface area contributed by atoms with Crippen LogP contribution in [0.25, 0.3) is 0 Å². The second-order valence-electron chi connectivity index (χ2n) is 5.14. The minimum absolute atomic E-state index is 0.219. The Bertz CT molecular complexity index is 551. The van der Waals surface area contributed by atoms with Gasteiger partial charge in [0.1, 0.15) is 17.4 Å². The zero-order valence-corrected chi connectivity index (χ0v) is 13.7. The molecule has 1 aromatic rings. The molecule has 0 aliphatic rings. The van der Waals surface area contributed by atoms with Gasteiger partial charge in [0.05, 0.1) is 12.2 Å². The minimum atomic E-state index is -0.876. The molecule has 0 saturated heterocycles. The average molecular weight is 304 g/mol. The van der Waals surface area contributed by atoms with E-state index in [1.807, 2.05) is 20.8 Å². The van der Waals surface area contributed by atoms with Gasteiger partial charge in [0.15, 0.2) is 0 Å². The van der Waals surface area contributed by atoms with E-state index in [9.17, 15) is 10.1 Å². The van der Waals surface area contributed by atoms with Crippen LogP contribution < -0.4 is 10.1 Å². The number of rotatable bonds is 8. The van der Waals surface area contributed by atoms with E-state index in [2.05, 4.69) is 11.4 Å². The lowest BCUT2D eigenvalue weighted by Crippen LogP contribution is -2.42. The van der Waals surface area contributed by atoms with Gasteiger partial charge in [-0.2, -0.15) is 5.26 Å². The fourth-order valence-corrected chi connectivity index (χ4v) is 1.94. The number of amides is 1. The molecule has 0 aliphatic carbocycles. The molecule has 0 saturated carbocycles. The Morgan fingerprint density at radius 3 is 2.64 bits per heavy atom. The second kappa shape index (κ2) is 8.40. The molecule has 0 aromatic heterocycles. The number of hydrogen-bond donors (Lipinski definition) is 1. The highest BCUT2D eigenvalue weighted by Gasteiger charge is 2.31. The summed E-state index contributed by atoms with van der Waals surface area (Å²) >= 11 is 0. The summed E-state index contributed by atoms with van der Waals surface area (Å²) in [6, 6.07) is 7.13. The van der Waals surface area contributed by atoms with Crippen molar-refractivity contribution < 1.29 is 14.3 Å². The van der Waals surface area contributed by atoms with Gasteiger partial charge < -0.3 is 14.8 Å². The van der Waals surface area contributed by atoms with E-state index in [-0.39, 0.29) is 5.91 Å². The Labute approximate surface area is 132 Å². The maximum absolute atomic E-state index is 12.4. The Balaban J connectivity index is 2.90. The highest BCUT2D eigenvalue weighted by atomic mass is 16.5. The standard InChI is InChI=1S/C17H24N2O3/c1-5-10-21-15-9-8-14(11-13(15)12-18)19-16(20)17(4,6-2)22-7-3/h8-9,11H,5-7,10H2,1-4H3,(H,19,20)/t17-/m0/s1. The molecule has 0 unspecified atom stereocenters. The number of carbonyl (C=O) groups excluding carboxylic acids is 1. The van der Waals surface area contributed by atoms with Crippen molar-refractivity contribution in [1.29, 1.82) is 5.26 Å². The first-order chi connectivity index (χ1) is 10.5. The van der Waals surface area contributed by atoms with Gasteiger partial charge in [-0.25, -0.2) is 0 Å². The van der Waals surface area contributed by atoms with E-state index < -0.39 is 5.60 Å². The van der Waals surface area contributed by atoms with Crippen molar-refractivity contribution in [3.63, 3.8) is 0 Å². The van der Waals surface area contributed by atoms with Crippen LogP contribution in [0.15, 0.2) is 18.2 Å². The van der Waals surface area contributed by atoms with Gasteiger partial charge in [0, 0.05) is 12.3 Å². The van der Waals surface area contributed by atoms with E-state index in [1.165, 1.54) is 0 Å². The van der Waals surface area contributed by atoms with Crippen LogP contribution in [0.3, 0.4) is 0 Å². The van der Waals surface area contributed by atoms with Gasteiger partial charge in [0.2, 0.25) is 0 Å². The van der Waals surface area contributed by atoms with Crippen LogP contribution >= 0.6 is 0 Å².